The van der Waals surface area contributed by atoms with Gasteiger partial charge in [0.1, 0.15) is 5.75 Å². The number of hydrogen-bond acceptors (Lipinski definition) is 5. The number of ether oxygens (including phenoxy) is 1. The highest BCUT2D eigenvalue weighted by atomic mass is 16.5. The van der Waals surface area contributed by atoms with Gasteiger partial charge in [0.25, 0.3) is 11.8 Å². The maximum absolute atomic E-state index is 12.5. The molecule has 0 aromatic heterocycles. The number of nitrogens with two attached hydrogens (primary N) is 1. The van der Waals surface area contributed by atoms with Gasteiger partial charge >= 0.3 is 0 Å². The smallest absolute Gasteiger partial charge is 0.255 e. The molecule has 1 heterocycles. The lowest BCUT2D eigenvalue weighted by atomic mass is 10.1. The molecule has 1 unspecified atom stereocenters. The maximum Gasteiger partial charge on any atom is 0.255 e. The standard InChI is InChI=1S/C16H23N3O4/c1-12(20)10-18-5-7-19(8-6-18)16(22)13-3-2-4-14(9-13)23-11-15(17)21/h2-4,9,12,20H,5-8,10-11H2,1H3,(H2,17,21). The van der Waals surface area contributed by atoms with Crippen molar-refractivity contribution in [1.82, 2.24) is 9.80 Å². The summed E-state index contributed by atoms with van der Waals surface area (Å²) in [7, 11) is 0. The fourth-order valence-corrected chi connectivity index (χ4v) is 2.56. The molecular formula is C16H23N3O4. The molecule has 1 saturated heterocycles. The van der Waals surface area contributed by atoms with E-state index in [2.05, 4.69) is 4.90 Å². The second kappa shape index (κ2) is 7.94. The molecule has 126 valence electrons. The summed E-state index contributed by atoms with van der Waals surface area (Å²) in [5, 5.41) is 9.41. The summed E-state index contributed by atoms with van der Waals surface area (Å²) in [6, 6.07) is 6.74. The van der Waals surface area contributed by atoms with Gasteiger partial charge in [-0.15, -0.1) is 0 Å². The van der Waals surface area contributed by atoms with E-state index in [9.17, 15) is 14.7 Å². The van der Waals surface area contributed by atoms with Crippen LogP contribution in [0.4, 0.5) is 0 Å². The molecule has 0 aliphatic carbocycles. The van der Waals surface area contributed by atoms with Crippen molar-refractivity contribution in [3.05, 3.63) is 29.8 Å². The van der Waals surface area contributed by atoms with Gasteiger partial charge in [0.05, 0.1) is 6.10 Å². The van der Waals surface area contributed by atoms with E-state index in [1.54, 1.807) is 36.1 Å². The average Bonchev–Trinajstić information content (AvgIpc) is 2.53. The Bertz CT molecular complexity index is 554. The number of hydrogen-bond donors (Lipinski definition) is 2. The largest absolute Gasteiger partial charge is 0.484 e. The minimum absolute atomic E-state index is 0.0637. The van der Waals surface area contributed by atoms with E-state index in [4.69, 9.17) is 10.5 Å². The summed E-state index contributed by atoms with van der Waals surface area (Å²) >= 11 is 0. The van der Waals surface area contributed by atoms with Gasteiger partial charge in [-0.2, -0.15) is 0 Å². The van der Waals surface area contributed by atoms with Crippen molar-refractivity contribution in [1.29, 1.82) is 0 Å². The Hall–Kier alpha value is -2.12. The van der Waals surface area contributed by atoms with Crippen LogP contribution in [0.25, 0.3) is 0 Å². The van der Waals surface area contributed by atoms with E-state index < -0.39 is 5.91 Å². The first-order valence-electron chi connectivity index (χ1n) is 7.66. The van der Waals surface area contributed by atoms with Crippen LogP contribution in [0.5, 0.6) is 5.75 Å². The van der Waals surface area contributed by atoms with Crippen LogP contribution in [0.3, 0.4) is 0 Å². The molecule has 3 N–H and O–H groups in total. The number of β-amino-alcohol motifs (C(OH)–C–C–N with tert-alkyl or cyclic N) is 1. The highest BCUT2D eigenvalue weighted by Crippen LogP contribution is 2.16. The molecule has 1 aliphatic rings. The number of carbonyl (C=O) groups is 2. The predicted molar refractivity (Wildman–Crippen MR) is 85.2 cm³/mol. The molecule has 1 fully saturated rings. The lowest BCUT2D eigenvalue weighted by Gasteiger charge is -2.35. The fourth-order valence-electron chi connectivity index (χ4n) is 2.56. The van der Waals surface area contributed by atoms with Crippen molar-refractivity contribution in [2.75, 3.05) is 39.3 Å². The maximum atomic E-state index is 12.5. The van der Waals surface area contributed by atoms with Crippen molar-refractivity contribution in [3.63, 3.8) is 0 Å². The Morgan fingerprint density at radius 2 is 2.00 bits per heavy atom. The highest BCUT2D eigenvalue weighted by Gasteiger charge is 2.22. The number of rotatable bonds is 6. The molecule has 1 aromatic carbocycles. The second-order valence-electron chi connectivity index (χ2n) is 5.72. The van der Waals surface area contributed by atoms with Gasteiger partial charge in [-0.3, -0.25) is 14.5 Å². The number of piperazine rings is 1. The van der Waals surface area contributed by atoms with Crippen LogP contribution in [-0.2, 0) is 4.79 Å². The van der Waals surface area contributed by atoms with E-state index in [1.807, 2.05) is 0 Å². The van der Waals surface area contributed by atoms with Crippen molar-refractivity contribution >= 4 is 11.8 Å². The zero-order valence-corrected chi connectivity index (χ0v) is 13.3. The molecule has 0 saturated carbocycles. The minimum atomic E-state index is -0.559. The van der Waals surface area contributed by atoms with Crippen LogP contribution in [0.15, 0.2) is 24.3 Å². The number of carbonyl (C=O) groups excluding carboxylic acids is 2. The first-order chi connectivity index (χ1) is 11.0. The van der Waals surface area contributed by atoms with Crippen molar-refractivity contribution in [3.8, 4) is 5.75 Å². The topological polar surface area (TPSA) is 96.1 Å². The van der Waals surface area contributed by atoms with Crippen LogP contribution in [0.1, 0.15) is 17.3 Å². The molecule has 2 amide bonds. The summed E-state index contributed by atoms with van der Waals surface area (Å²) in [5.41, 5.74) is 5.56. The fraction of sp³-hybridized carbons (Fsp3) is 0.500. The number of aliphatic hydroxyl groups is 1. The molecular weight excluding hydrogens is 298 g/mol. The molecule has 0 radical (unpaired) electrons. The van der Waals surface area contributed by atoms with Crippen LogP contribution in [0, 0.1) is 0 Å². The summed E-state index contributed by atoms with van der Waals surface area (Å²) in [5.74, 6) is -0.176. The third kappa shape index (κ3) is 5.22. The van der Waals surface area contributed by atoms with Gasteiger partial charge in [0.15, 0.2) is 6.61 Å². The van der Waals surface area contributed by atoms with E-state index in [0.29, 0.717) is 30.9 Å². The molecule has 0 bridgehead atoms. The van der Waals surface area contributed by atoms with Crippen molar-refractivity contribution in [2.24, 2.45) is 5.73 Å². The molecule has 7 nitrogen and oxygen atoms in total. The Morgan fingerprint density at radius 1 is 1.30 bits per heavy atom. The lowest BCUT2D eigenvalue weighted by Crippen LogP contribution is -2.50. The molecule has 1 atom stereocenters. The number of aliphatic hydroxyl groups excluding tert-OH is 1. The molecule has 1 aliphatic heterocycles. The van der Waals surface area contributed by atoms with Gasteiger partial charge in [0, 0.05) is 38.3 Å². The molecule has 0 spiro atoms. The highest BCUT2D eigenvalue weighted by molar-refractivity contribution is 5.94. The zero-order valence-electron chi connectivity index (χ0n) is 13.3. The van der Waals surface area contributed by atoms with E-state index >= 15 is 0 Å². The van der Waals surface area contributed by atoms with Crippen LogP contribution in [-0.4, -0.2) is 72.2 Å². The summed E-state index contributed by atoms with van der Waals surface area (Å²) in [6.07, 6.45) is -0.365. The SMILES string of the molecule is CC(O)CN1CCN(C(=O)c2cccc(OCC(N)=O)c2)CC1. The van der Waals surface area contributed by atoms with Gasteiger partial charge in [-0.05, 0) is 25.1 Å². The average molecular weight is 321 g/mol. The number of nitrogens with zero attached hydrogens (tertiary/aromatic N) is 2. The quantitative estimate of drug-likeness (QED) is 0.749. The van der Waals surface area contributed by atoms with Gasteiger partial charge in [-0.25, -0.2) is 0 Å². The number of benzene rings is 1. The van der Waals surface area contributed by atoms with Gasteiger partial charge < -0.3 is 20.5 Å². The second-order valence-corrected chi connectivity index (χ2v) is 5.72. The van der Waals surface area contributed by atoms with Crippen molar-refractivity contribution in [2.45, 2.75) is 13.0 Å². The molecule has 23 heavy (non-hydrogen) atoms. The normalized spacial score (nSPS) is 16.9. The van der Waals surface area contributed by atoms with E-state index in [1.165, 1.54) is 0 Å². The third-order valence-electron chi connectivity index (χ3n) is 3.64. The van der Waals surface area contributed by atoms with Crippen LogP contribution < -0.4 is 10.5 Å². The monoisotopic (exact) mass is 321 g/mol. The Labute approximate surface area is 135 Å². The van der Waals surface area contributed by atoms with Gasteiger partial charge in [-0.1, -0.05) is 6.07 Å². The zero-order chi connectivity index (χ0) is 16.8. The Morgan fingerprint density at radius 3 is 2.61 bits per heavy atom. The van der Waals surface area contributed by atoms with E-state index in [0.717, 1.165) is 13.1 Å². The first-order valence-corrected chi connectivity index (χ1v) is 7.66. The Balaban J connectivity index is 1.93. The molecule has 1 aromatic rings. The lowest BCUT2D eigenvalue weighted by molar-refractivity contribution is -0.119. The third-order valence-corrected chi connectivity index (χ3v) is 3.64. The van der Waals surface area contributed by atoms with Gasteiger partial charge in [0.2, 0.25) is 0 Å². The molecule has 2 rings (SSSR count). The van der Waals surface area contributed by atoms with Crippen molar-refractivity contribution < 1.29 is 19.4 Å². The van der Waals surface area contributed by atoms with E-state index in [-0.39, 0.29) is 18.6 Å². The number of amides is 2. The minimum Gasteiger partial charge on any atom is -0.484 e. The summed E-state index contributed by atoms with van der Waals surface area (Å²) in [4.78, 5) is 27.2. The first kappa shape index (κ1) is 17.2. The Kier molecular flexibility index (Phi) is 5.95. The number of primary amides is 1. The van der Waals surface area contributed by atoms with Crippen LogP contribution >= 0.6 is 0 Å². The molecule has 7 heteroatoms. The predicted octanol–water partition coefficient (Wildman–Crippen LogP) is -0.311. The summed E-state index contributed by atoms with van der Waals surface area (Å²) < 4.78 is 5.23. The van der Waals surface area contributed by atoms with Crippen LogP contribution in [0.2, 0.25) is 0 Å². The summed E-state index contributed by atoms with van der Waals surface area (Å²) in [6.45, 7) is 4.90.